The van der Waals surface area contributed by atoms with Gasteiger partial charge in [-0.1, -0.05) is 6.92 Å². The normalized spacial score (nSPS) is 30.4. The van der Waals surface area contributed by atoms with E-state index in [0.717, 1.165) is 25.3 Å². The minimum atomic E-state index is 0.564. The summed E-state index contributed by atoms with van der Waals surface area (Å²) in [6, 6.07) is 0. The third kappa shape index (κ3) is 1.34. The van der Waals surface area contributed by atoms with E-state index >= 15 is 0 Å². The Balaban J connectivity index is 2.11. The van der Waals surface area contributed by atoms with Crippen LogP contribution in [0.15, 0.2) is 6.33 Å². The van der Waals surface area contributed by atoms with Crippen LogP contribution in [0.5, 0.6) is 0 Å². The monoisotopic (exact) mass is 166 g/mol. The summed E-state index contributed by atoms with van der Waals surface area (Å²) < 4.78 is 0. The molecule has 1 aliphatic rings. The van der Waals surface area contributed by atoms with Gasteiger partial charge < -0.3 is 5.32 Å². The molecule has 1 aromatic heterocycles. The molecule has 2 N–H and O–H groups in total. The Morgan fingerprint density at radius 3 is 3.17 bits per heavy atom. The van der Waals surface area contributed by atoms with Crippen LogP contribution < -0.4 is 5.32 Å². The van der Waals surface area contributed by atoms with Crippen molar-refractivity contribution in [2.24, 2.45) is 5.92 Å². The number of aromatic amines is 1. The predicted molar refractivity (Wildman–Crippen MR) is 45.8 cm³/mol. The van der Waals surface area contributed by atoms with E-state index in [4.69, 9.17) is 0 Å². The average molecular weight is 166 g/mol. The molecule has 4 nitrogen and oxygen atoms in total. The standard InChI is InChI=1S/C8H14N4/c1-6-4-9-3-2-7(6)8-10-5-11-12-8/h5-7,9H,2-4H2,1H3,(H,10,11,12). The van der Waals surface area contributed by atoms with Crippen LogP contribution in [0.25, 0.3) is 0 Å². The van der Waals surface area contributed by atoms with E-state index in [0.29, 0.717) is 11.8 Å². The molecule has 0 saturated carbocycles. The van der Waals surface area contributed by atoms with Crippen LogP contribution in [0, 0.1) is 5.92 Å². The minimum absolute atomic E-state index is 0.564. The van der Waals surface area contributed by atoms with Crippen LogP contribution in [0.4, 0.5) is 0 Å². The zero-order valence-electron chi connectivity index (χ0n) is 7.25. The van der Waals surface area contributed by atoms with E-state index < -0.39 is 0 Å². The fourth-order valence-electron chi connectivity index (χ4n) is 1.81. The number of rotatable bonds is 1. The molecule has 2 rings (SSSR count). The number of nitrogens with one attached hydrogen (secondary N) is 2. The van der Waals surface area contributed by atoms with E-state index in [1.807, 2.05) is 0 Å². The molecule has 2 heterocycles. The first-order valence-corrected chi connectivity index (χ1v) is 4.44. The van der Waals surface area contributed by atoms with Gasteiger partial charge in [-0.05, 0) is 25.4 Å². The zero-order chi connectivity index (χ0) is 8.39. The van der Waals surface area contributed by atoms with Gasteiger partial charge in [0.2, 0.25) is 0 Å². The summed E-state index contributed by atoms with van der Waals surface area (Å²) in [4.78, 5) is 4.20. The molecular weight excluding hydrogens is 152 g/mol. The maximum absolute atomic E-state index is 4.20. The third-order valence-corrected chi connectivity index (χ3v) is 2.57. The van der Waals surface area contributed by atoms with Crippen LogP contribution in [-0.4, -0.2) is 28.3 Å². The van der Waals surface area contributed by atoms with Crippen LogP contribution in [-0.2, 0) is 0 Å². The second kappa shape index (κ2) is 3.23. The zero-order valence-corrected chi connectivity index (χ0v) is 7.25. The molecular formula is C8H14N4. The maximum Gasteiger partial charge on any atom is 0.137 e. The number of piperidine rings is 1. The van der Waals surface area contributed by atoms with Crippen molar-refractivity contribution in [2.75, 3.05) is 13.1 Å². The van der Waals surface area contributed by atoms with E-state index in [1.54, 1.807) is 6.33 Å². The Hall–Kier alpha value is -0.900. The van der Waals surface area contributed by atoms with Gasteiger partial charge in [0.25, 0.3) is 0 Å². The molecule has 12 heavy (non-hydrogen) atoms. The highest BCUT2D eigenvalue weighted by Gasteiger charge is 2.24. The number of nitrogens with zero attached hydrogens (tertiary/aromatic N) is 2. The topological polar surface area (TPSA) is 53.6 Å². The van der Waals surface area contributed by atoms with Crippen LogP contribution in [0.3, 0.4) is 0 Å². The molecule has 1 fully saturated rings. The van der Waals surface area contributed by atoms with Gasteiger partial charge in [-0.2, -0.15) is 5.10 Å². The van der Waals surface area contributed by atoms with E-state index in [1.165, 1.54) is 0 Å². The largest absolute Gasteiger partial charge is 0.316 e. The van der Waals surface area contributed by atoms with Crippen molar-refractivity contribution >= 4 is 0 Å². The summed E-state index contributed by atoms with van der Waals surface area (Å²) in [7, 11) is 0. The van der Waals surface area contributed by atoms with Crippen molar-refractivity contribution < 1.29 is 0 Å². The summed E-state index contributed by atoms with van der Waals surface area (Å²) in [6.45, 7) is 4.43. The van der Waals surface area contributed by atoms with Gasteiger partial charge in [0, 0.05) is 5.92 Å². The lowest BCUT2D eigenvalue weighted by atomic mass is 9.87. The first-order chi connectivity index (χ1) is 5.88. The number of hydrogen-bond donors (Lipinski definition) is 2. The fourth-order valence-corrected chi connectivity index (χ4v) is 1.81. The lowest BCUT2D eigenvalue weighted by Crippen LogP contribution is -2.34. The molecule has 2 unspecified atom stereocenters. The van der Waals surface area contributed by atoms with E-state index in [-0.39, 0.29) is 0 Å². The molecule has 2 atom stereocenters. The van der Waals surface area contributed by atoms with Crippen LogP contribution in [0.1, 0.15) is 25.1 Å². The molecule has 0 amide bonds. The molecule has 0 aliphatic carbocycles. The number of H-pyrrole nitrogens is 1. The third-order valence-electron chi connectivity index (χ3n) is 2.57. The van der Waals surface area contributed by atoms with Crippen molar-refractivity contribution in [3.05, 3.63) is 12.2 Å². The smallest absolute Gasteiger partial charge is 0.137 e. The first-order valence-electron chi connectivity index (χ1n) is 4.44. The maximum atomic E-state index is 4.20. The summed E-state index contributed by atoms with van der Waals surface area (Å²) in [5.41, 5.74) is 0. The van der Waals surface area contributed by atoms with Gasteiger partial charge in [-0.15, -0.1) is 0 Å². The highest BCUT2D eigenvalue weighted by Crippen LogP contribution is 2.26. The Kier molecular flexibility index (Phi) is 2.08. The number of aromatic nitrogens is 3. The molecule has 1 aromatic rings. The van der Waals surface area contributed by atoms with Crippen LogP contribution in [0.2, 0.25) is 0 Å². The predicted octanol–water partition coefficient (Wildman–Crippen LogP) is 0.518. The minimum Gasteiger partial charge on any atom is -0.316 e. The van der Waals surface area contributed by atoms with Gasteiger partial charge in [0.1, 0.15) is 12.2 Å². The molecule has 66 valence electrons. The van der Waals surface area contributed by atoms with Crippen molar-refractivity contribution in [2.45, 2.75) is 19.3 Å². The summed E-state index contributed by atoms with van der Waals surface area (Å²) in [6.07, 6.45) is 2.75. The SMILES string of the molecule is CC1CNCCC1c1ncn[nH]1. The number of hydrogen-bond acceptors (Lipinski definition) is 3. The first kappa shape index (κ1) is 7.73. The van der Waals surface area contributed by atoms with Gasteiger partial charge in [-0.25, -0.2) is 4.98 Å². The molecule has 0 bridgehead atoms. The van der Waals surface area contributed by atoms with Crippen LogP contribution >= 0.6 is 0 Å². The van der Waals surface area contributed by atoms with E-state index in [9.17, 15) is 0 Å². The molecule has 0 spiro atoms. The van der Waals surface area contributed by atoms with E-state index in [2.05, 4.69) is 27.4 Å². The summed E-state index contributed by atoms with van der Waals surface area (Å²) in [5.74, 6) is 2.27. The molecule has 4 heteroatoms. The fraction of sp³-hybridized carbons (Fsp3) is 0.750. The van der Waals surface area contributed by atoms with Crippen molar-refractivity contribution in [3.63, 3.8) is 0 Å². The average Bonchev–Trinajstić information content (AvgIpc) is 2.57. The van der Waals surface area contributed by atoms with Gasteiger partial charge in [0.05, 0.1) is 0 Å². The summed E-state index contributed by atoms with van der Waals surface area (Å²) in [5, 5.41) is 10.2. The lowest BCUT2D eigenvalue weighted by molar-refractivity contribution is 0.338. The Morgan fingerprint density at radius 2 is 2.50 bits per heavy atom. The van der Waals surface area contributed by atoms with Gasteiger partial charge >= 0.3 is 0 Å². The quantitative estimate of drug-likeness (QED) is 0.639. The Labute approximate surface area is 71.8 Å². The van der Waals surface area contributed by atoms with Gasteiger partial charge in [0.15, 0.2) is 0 Å². The molecule has 1 saturated heterocycles. The van der Waals surface area contributed by atoms with Gasteiger partial charge in [-0.3, -0.25) is 5.10 Å². The van der Waals surface area contributed by atoms with Crippen molar-refractivity contribution in [1.29, 1.82) is 0 Å². The molecule has 1 aliphatic heterocycles. The lowest BCUT2D eigenvalue weighted by Gasteiger charge is -2.27. The molecule has 0 radical (unpaired) electrons. The van der Waals surface area contributed by atoms with Crippen molar-refractivity contribution in [1.82, 2.24) is 20.5 Å². The second-order valence-corrected chi connectivity index (χ2v) is 3.45. The Morgan fingerprint density at radius 1 is 1.58 bits per heavy atom. The summed E-state index contributed by atoms with van der Waals surface area (Å²) >= 11 is 0. The van der Waals surface area contributed by atoms with Crippen molar-refractivity contribution in [3.8, 4) is 0 Å². The highest BCUT2D eigenvalue weighted by atomic mass is 15.2. The highest BCUT2D eigenvalue weighted by molar-refractivity contribution is 4.98. The Bertz CT molecular complexity index is 231. The molecule has 0 aromatic carbocycles. The second-order valence-electron chi connectivity index (χ2n) is 3.45.